The molecule has 1 aliphatic rings. The number of benzene rings is 2. The van der Waals surface area contributed by atoms with E-state index in [-0.39, 0.29) is 28.5 Å². The van der Waals surface area contributed by atoms with Crippen LogP contribution in [0.25, 0.3) is 6.08 Å². The van der Waals surface area contributed by atoms with E-state index in [1.807, 2.05) is 0 Å². The van der Waals surface area contributed by atoms with Gasteiger partial charge in [0.05, 0.1) is 28.4 Å². The maximum Gasteiger partial charge on any atom is 0.315 e. The highest BCUT2D eigenvalue weighted by Gasteiger charge is 2.35. The molecular weight excluding hydrogens is 418 g/mol. The van der Waals surface area contributed by atoms with Crippen molar-refractivity contribution in [2.24, 2.45) is 0 Å². The molecule has 1 fully saturated rings. The molecule has 1 N–H and O–H groups in total. The molecule has 1 heterocycles. The molecule has 0 aliphatic carbocycles. The van der Waals surface area contributed by atoms with Crippen molar-refractivity contribution in [3.05, 3.63) is 72.7 Å². The summed E-state index contributed by atoms with van der Waals surface area (Å²) in [7, 11) is 1.22. The smallest absolute Gasteiger partial charge is 0.315 e. The van der Waals surface area contributed by atoms with Crippen molar-refractivity contribution in [2.75, 3.05) is 7.11 Å². The Morgan fingerprint density at radius 3 is 2.37 bits per heavy atom. The molecule has 0 unspecified atom stereocenters. The number of hydrogen-bond acceptors (Lipinski definition) is 9. The maximum absolute atomic E-state index is 12.6. The number of carbonyl (C=O) groups excluding carboxylic acids is 2. The standard InChI is InChI=1S/C18H13N3O8S/c1-29-14-7-11(6-13(16(14)22)21(27)28)8-15-17(23)19(18(24)30-15)9-10-2-4-12(5-3-10)20(25)26/h2-8,22H,9H2,1H3. The highest BCUT2D eigenvalue weighted by molar-refractivity contribution is 8.18. The van der Waals surface area contributed by atoms with Gasteiger partial charge in [-0.2, -0.15) is 0 Å². The number of amides is 2. The maximum atomic E-state index is 12.6. The molecule has 3 rings (SSSR count). The number of phenols is 1. The average Bonchev–Trinajstić information content (AvgIpc) is 2.96. The first-order valence-electron chi connectivity index (χ1n) is 8.25. The van der Waals surface area contributed by atoms with Crippen LogP contribution in [0.4, 0.5) is 16.2 Å². The van der Waals surface area contributed by atoms with Crippen LogP contribution in [0.1, 0.15) is 11.1 Å². The third-order valence-electron chi connectivity index (χ3n) is 4.15. The number of nitro benzene ring substituents is 2. The molecule has 12 heteroatoms. The first-order chi connectivity index (χ1) is 14.2. The van der Waals surface area contributed by atoms with Crippen molar-refractivity contribution >= 4 is 40.4 Å². The fraction of sp³-hybridized carbons (Fsp3) is 0.111. The highest BCUT2D eigenvalue weighted by atomic mass is 32.2. The fourth-order valence-electron chi connectivity index (χ4n) is 2.69. The summed E-state index contributed by atoms with van der Waals surface area (Å²) in [5.74, 6) is -1.41. The lowest BCUT2D eigenvalue weighted by Crippen LogP contribution is -2.27. The SMILES string of the molecule is COc1cc(C=C2SC(=O)N(Cc3ccc([N+](=O)[O-])cc3)C2=O)cc([N+](=O)[O-])c1O. The van der Waals surface area contributed by atoms with E-state index in [0.29, 0.717) is 17.3 Å². The van der Waals surface area contributed by atoms with Gasteiger partial charge >= 0.3 is 5.69 Å². The Morgan fingerprint density at radius 2 is 1.80 bits per heavy atom. The van der Waals surface area contributed by atoms with Gasteiger partial charge in [-0.3, -0.25) is 34.7 Å². The number of phenolic OH excluding ortho intramolecular Hbond substituents is 1. The molecule has 0 saturated carbocycles. The summed E-state index contributed by atoms with van der Waals surface area (Å²) in [5, 5.41) is 31.1. The van der Waals surface area contributed by atoms with Crippen molar-refractivity contribution in [2.45, 2.75) is 6.54 Å². The quantitative estimate of drug-likeness (QED) is 0.411. The zero-order chi connectivity index (χ0) is 22.0. The Morgan fingerprint density at radius 1 is 1.13 bits per heavy atom. The minimum absolute atomic E-state index is 0.0314. The van der Waals surface area contributed by atoms with Crippen LogP contribution in [-0.2, 0) is 11.3 Å². The Labute approximate surface area is 172 Å². The second-order valence-corrected chi connectivity index (χ2v) is 7.03. The molecule has 2 aromatic carbocycles. The molecule has 0 radical (unpaired) electrons. The van der Waals surface area contributed by atoms with Gasteiger partial charge in [-0.1, -0.05) is 12.1 Å². The largest absolute Gasteiger partial charge is 0.500 e. The van der Waals surface area contributed by atoms with Crippen molar-refractivity contribution in [1.29, 1.82) is 0 Å². The first-order valence-corrected chi connectivity index (χ1v) is 9.07. The van der Waals surface area contributed by atoms with Gasteiger partial charge in [0.1, 0.15) is 0 Å². The minimum Gasteiger partial charge on any atom is -0.500 e. The van der Waals surface area contributed by atoms with E-state index in [1.54, 1.807) is 0 Å². The molecule has 0 aromatic heterocycles. The van der Waals surface area contributed by atoms with Crippen LogP contribution in [0.15, 0.2) is 41.3 Å². The number of non-ortho nitro benzene ring substituents is 1. The van der Waals surface area contributed by atoms with E-state index in [1.165, 1.54) is 43.5 Å². The molecule has 1 aliphatic heterocycles. The number of carbonyl (C=O) groups is 2. The van der Waals surface area contributed by atoms with E-state index in [2.05, 4.69) is 0 Å². The molecule has 1 saturated heterocycles. The number of ether oxygens (including phenoxy) is 1. The van der Waals surface area contributed by atoms with Gasteiger partial charge in [-0.15, -0.1) is 0 Å². The van der Waals surface area contributed by atoms with Crippen LogP contribution in [0.2, 0.25) is 0 Å². The van der Waals surface area contributed by atoms with Gasteiger partial charge < -0.3 is 9.84 Å². The predicted octanol–water partition coefficient (Wildman–Crippen LogP) is 3.45. The molecule has 30 heavy (non-hydrogen) atoms. The van der Waals surface area contributed by atoms with Crippen molar-refractivity contribution < 1.29 is 29.3 Å². The lowest BCUT2D eigenvalue weighted by molar-refractivity contribution is -0.386. The average molecular weight is 431 g/mol. The number of rotatable bonds is 6. The molecule has 0 bridgehead atoms. The number of nitro groups is 2. The number of nitrogens with zero attached hydrogens (tertiary/aromatic N) is 3. The van der Waals surface area contributed by atoms with Gasteiger partial charge in [0.25, 0.3) is 16.8 Å². The monoisotopic (exact) mass is 431 g/mol. The number of aromatic hydroxyl groups is 1. The Hall–Kier alpha value is -3.93. The Bertz CT molecular complexity index is 1100. The summed E-state index contributed by atoms with van der Waals surface area (Å²) in [4.78, 5) is 46.4. The summed E-state index contributed by atoms with van der Waals surface area (Å²) >= 11 is 0.653. The van der Waals surface area contributed by atoms with Gasteiger partial charge in [0.2, 0.25) is 5.75 Å². The summed E-state index contributed by atoms with van der Waals surface area (Å²) < 4.78 is 4.91. The Kier molecular flexibility index (Phi) is 5.69. The van der Waals surface area contributed by atoms with Gasteiger partial charge in [0.15, 0.2) is 5.75 Å². The molecule has 2 amide bonds. The number of hydrogen-bond donors (Lipinski definition) is 1. The zero-order valence-electron chi connectivity index (χ0n) is 15.3. The zero-order valence-corrected chi connectivity index (χ0v) is 16.1. The van der Waals surface area contributed by atoms with E-state index in [4.69, 9.17) is 4.74 Å². The van der Waals surface area contributed by atoms with Crippen LogP contribution in [0.5, 0.6) is 11.5 Å². The van der Waals surface area contributed by atoms with E-state index < -0.39 is 32.4 Å². The fourth-order valence-corrected chi connectivity index (χ4v) is 3.52. The molecule has 154 valence electrons. The van der Waals surface area contributed by atoms with Crippen LogP contribution in [-0.4, -0.2) is 38.1 Å². The van der Waals surface area contributed by atoms with Crippen LogP contribution in [0, 0.1) is 20.2 Å². The normalized spacial score (nSPS) is 15.0. The first kappa shape index (κ1) is 20.8. The van der Waals surface area contributed by atoms with Gasteiger partial charge in [-0.25, -0.2) is 0 Å². The van der Waals surface area contributed by atoms with Gasteiger partial charge in [0, 0.05) is 18.2 Å². The lowest BCUT2D eigenvalue weighted by atomic mass is 10.1. The molecule has 11 nitrogen and oxygen atoms in total. The predicted molar refractivity (Wildman–Crippen MR) is 106 cm³/mol. The van der Waals surface area contributed by atoms with Crippen molar-refractivity contribution in [1.82, 2.24) is 4.90 Å². The molecule has 0 spiro atoms. The van der Waals surface area contributed by atoms with E-state index >= 15 is 0 Å². The molecule has 0 atom stereocenters. The topological polar surface area (TPSA) is 153 Å². The Balaban J connectivity index is 1.87. The van der Waals surface area contributed by atoms with Crippen LogP contribution >= 0.6 is 11.8 Å². The second-order valence-electron chi connectivity index (χ2n) is 6.04. The number of thioether (sulfide) groups is 1. The number of imide groups is 1. The van der Waals surface area contributed by atoms with Crippen molar-refractivity contribution in [3.63, 3.8) is 0 Å². The summed E-state index contributed by atoms with van der Waals surface area (Å²) in [6.07, 6.45) is 1.29. The molecule has 2 aromatic rings. The summed E-state index contributed by atoms with van der Waals surface area (Å²) in [6.45, 7) is -0.0843. The molecular formula is C18H13N3O8S. The second kappa shape index (κ2) is 8.21. The lowest BCUT2D eigenvalue weighted by Gasteiger charge is -2.12. The van der Waals surface area contributed by atoms with Crippen LogP contribution in [0.3, 0.4) is 0 Å². The number of methoxy groups -OCH3 is 1. The summed E-state index contributed by atoms with van der Waals surface area (Å²) in [6, 6.07) is 7.78. The van der Waals surface area contributed by atoms with E-state index in [0.717, 1.165) is 11.0 Å². The van der Waals surface area contributed by atoms with Gasteiger partial charge in [-0.05, 0) is 35.0 Å². The highest BCUT2D eigenvalue weighted by Crippen LogP contribution is 2.39. The van der Waals surface area contributed by atoms with E-state index in [9.17, 15) is 34.9 Å². The third kappa shape index (κ3) is 4.07. The summed E-state index contributed by atoms with van der Waals surface area (Å²) in [5.41, 5.74) is -0.00959. The van der Waals surface area contributed by atoms with Crippen molar-refractivity contribution in [3.8, 4) is 11.5 Å². The third-order valence-corrected chi connectivity index (χ3v) is 5.06. The minimum atomic E-state index is -0.796. The van der Waals surface area contributed by atoms with Crippen LogP contribution < -0.4 is 4.74 Å².